The summed E-state index contributed by atoms with van der Waals surface area (Å²) in [5.74, 6) is -2.42. The van der Waals surface area contributed by atoms with Crippen molar-refractivity contribution in [2.24, 2.45) is 0 Å². The van der Waals surface area contributed by atoms with Crippen LogP contribution in [0.5, 0.6) is 0 Å². The van der Waals surface area contributed by atoms with Gasteiger partial charge in [-0.1, -0.05) is 6.07 Å². The maximum Gasteiger partial charge on any atom is 0.335 e. The molecule has 0 aliphatic carbocycles. The maximum atomic E-state index is 11.4. The zero-order valence-corrected chi connectivity index (χ0v) is 13.2. The second-order valence-electron chi connectivity index (χ2n) is 4.95. The molecular formula is C16H22O8. The van der Waals surface area contributed by atoms with Crippen molar-refractivity contribution in [2.75, 3.05) is 39.6 Å². The van der Waals surface area contributed by atoms with Gasteiger partial charge in [0.05, 0.1) is 50.8 Å². The lowest BCUT2D eigenvalue weighted by Crippen LogP contribution is -2.14. The van der Waals surface area contributed by atoms with Gasteiger partial charge in [0.2, 0.25) is 0 Å². The topological polar surface area (TPSA) is 134 Å². The van der Waals surface area contributed by atoms with Crippen molar-refractivity contribution in [2.45, 2.75) is 12.8 Å². The zero-order chi connectivity index (χ0) is 17.9. The largest absolute Gasteiger partial charge is 0.478 e. The third-order valence-electron chi connectivity index (χ3n) is 3.29. The van der Waals surface area contributed by atoms with Crippen LogP contribution < -0.4 is 0 Å². The summed E-state index contributed by atoms with van der Waals surface area (Å²) in [6.07, 6.45) is 0.568. The molecule has 0 unspecified atom stereocenters. The highest BCUT2D eigenvalue weighted by Crippen LogP contribution is 2.19. The van der Waals surface area contributed by atoms with E-state index in [1.165, 1.54) is 6.07 Å². The quantitative estimate of drug-likeness (QED) is 0.396. The number of hydrogen-bond donors (Lipinski definition) is 4. The summed E-state index contributed by atoms with van der Waals surface area (Å²) in [6.45, 7) is 0.477. The number of hydrogen-bond acceptors (Lipinski definition) is 6. The Balaban J connectivity index is 3.01. The van der Waals surface area contributed by atoms with Crippen LogP contribution in [0.2, 0.25) is 0 Å². The summed E-state index contributed by atoms with van der Waals surface area (Å²) in [4.78, 5) is 22.7. The summed E-state index contributed by atoms with van der Waals surface area (Å²) in [7, 11) is 0. The first-order valence-electron chi connectivity index (χ1n) is 7.50. The van der Waals surface area contributed by atoms with E-state index in [2.05, 4.69) is 0 Å². The monoisotopic (exact) mass is 342 g/mol. The number of aromatic carboxylic acids is 2. The molecule has 1 aromatic carbocycles. The number of ether oxygens (including phenoxy) is 2. The number of carboxylic acid groups (broad SMARTS) is 2. The predicted molar refractivity (Wildman–Crippen MR) is 83.6 cm³/mol. The molecule has 4 N–H and O–H groups in total. The van der Waals surface area contributed by atoms with E-state index in [1.54, 1.807) is 0 Å². The molecule has 0 saturated carbocycles. The molecule has 0 atom stereocenters. The summed E-state index contributed by atoms with van der Waals surface area (Å²) in [6, 6.07) is 2.69. The molecule has 0 aromatic heterocycles. The van der Waals surface area contributed by atoms with Gasteiger partial charge in [0.25, 0.3) is 0 Å². The number of benzene rings is 1. The van der Waals surface area contributed by atoms with Gasteiger partial charge in [0.15, 0.2) is 0 Å². The number of carboxylic acids is 2. The van der Waals surface area contributed by atoms with Crippen LogP contribution in [0.1, 0.15) is 31.8 Å². The number of rotatable bonds is 12. The minimum Gasteiger partial charge on any atom is -0.478 e. The van der Waals surface area contributed by atoms with Gasteiger partial charge in [-0.25, -0.2) is 9.59 Å². The van der Waals surface area contributed by atoms with Crippen molar-refractivity contribution < 1.29 is 39.5 Å². The van der Waals surface area contributed by atoms with Crippen LogP contribution in [-0.4, -0.2) is 72.0 Å². The molecule has 8 nitrogen and oxygen atoms in total. The van der Waals surface area contributed by atoms with Gasteiger partial charge >= 0.3 is 11.9 Å². The van der Waals surface area contributed by atoms with E-state index in [0.29, 0.717) is 11.1 Å². The lowest BCUT2D eigenvalue weighted by molar-refractivity contribution is 0.0693. The van der Waals surface area contributed by atoms with Crippen molar-refractivity contribution in [1.82, 2.24) is 0 Å². The molecule has 0 aliphatic rings. The molecule has 0 fully saturated rings. The number of carbonyl (C=O) groups is 2. The van der Waals surface area contributed by atoms with E-state index in [1.807, 2.05) is 0 Å². The Labute approximate surface area is 139 Å². The van der Waals surface area contributed by atoms with Crippen LogP contribution in [-0.2, 0) is 22.3 Å². The highest BCUT2D eigenvalue weighted by Gasteiger charge is 2.18. The highest BCUT2D eigenvalue weighted by molar-refractivity contribution is 5.96. The molecule has 0 radical (unpaired) electrons. The molecule has 0 aliphatic heterocycles. The normalized spacial score (nSPS) is 10.8. The van der Waals surface area contributed by atoms with Gasteiger partial charge < -0.3 is 29.9 Å². The zero-order valence-electron chi connectivity index (χ0n) is 13.2. The lowest BCUT2D eigenvalue weighted by Gasteiger charge is -2.13. The van der Waals surface area contributed by atoms with Gasteiger partial charge in [-0.2, -0.15) is 0 Å². The molecule has 134 valence electrons. The fourth-order valence-corrected chi connectivity index (χ4v) is 2.20. The Kier molecular flexibility index (Phi) is 8.95. The van der Waals surface area contributed by atoms with E-state index in [0.717, 1.165) is 6.07 Å². The molecule has 0 spiro atoms. The van der Waals surface area contributed by atoms with Gasteiger partial charge in [-0.05, 0) is 30.0 Å². The summed E-state index contributed by atoms with van der Waals surface area (Å²) in [5, 5.41) is 35.9. The van der Waals surface area contributed by atoms with Crippen molar-refractivity contribution >= 4 is 11.9 Å². The first-order chi connectivity index (χ1) is 11.5. The molecular weight excluding hydrogens is 320 g/mol. The Bertz CT molecular complexity index is 510. The third-order valence-corrected chi connectivity index (χ3v) is 3.29. The van der Waals surface area contributed by atoms with Crippen LogP contribution >= 0.6 is 0 Å². The standard InChI is InChI=1S/C16H22O8/c17-3-7-23-5-1-11-9-12(2-6-24-8-4-18)14(16(21)22)10-13(11)15(19)20/h9-10,17-18H,1-8H2,(H,19,20)(H,21,22). The molecule has 0 heterocycles. The average Bonchev–Trinajstić information content (AvgIpc) is 2.55. The lowest BCUT2D eigenvalue weighted by atomic mass is 9.95. The van der Waals surface area contributed by atoms with Crippen molar-refractivity contribution in [3.8, 4) is 0 Å². The summed E-state index contributed by atoms with van der Waals surface area (Å²) >= 11 is 0. The average molecular weight is 342 g/mol. The highest BCUT2D eigenvalue weighted by atomic mass is 16.5. The van der Waals surface area contributed by atoms with Gasteiger partial charge in [-0.15, -0.1) is 0 Å². The van der Waals surface area contributed by atoms with Crippen LogP contribution in [0.25, 0.3) is 0 Å². The second kappa shape index (κ2) is 10.7. The van der Waals surface area contributed by atoms with Crippen LogP contribution in [0.3, 0.4) is 0 Å². The van der Waals surface area contributed by atoms with E-state index in [-0.39, 0.29) is 63.6 Å². The number of aliphatic hydroxyl groups is 2. The van der Waals surface area contributed by atoms with E-state index in [9.17, 15) is 19.8 Å². The smallest absolute Gasteiger partial charge is 0.335 e. The second-order valence-corrected chi connectivity index (χ2v) is 4.95. The van der Waals surface area contributed by atoms with Crippen molar-refractivity contribution in [3.63, 3.8) is 0 Å². The molecule has 1 aromatic rings. The fraction of sp³-hybridized carbons (Fsp3) is 0.500. The van der Waals surface area contributed by atoms with Gasteiger partial charge in [0, 0.05) is 0 Å². The molecule has 0 saturated heterocycles. The Morgan fingerprint density at radius 3 is 1.50 bits per heavy atom. The molecule has 1 rings (SSSR count). The maximum absolute atomic E-state index is 11.4. The van der Waals surface area contributed by atoms with Crippen molar-refractivity contribution in [3.05, 3.63) is 34.4 Å². The number of aliphatic hydroxyl groups excluding tert-OH is 2. The van der Waals surface area contributed by atoms with E-state index < -0.39 is 11.9 Å². The first-order valence-corrected chi connectivity index (χ1v) is 7.50. The van der Waals surface area contributed by atoms with Crippen molar-refractivity contribution in [1.29, 1.82) is 0 Å². The Hall–Kier alpha value is -2.00. The summed E-state index contributed by atoms with van der Waals surface area (Å²) in [5.41, 5.74) is 0.755. The third kappa shape index (κ3) is 6.25. The summed E-state index contributed by atoms with van der Waals surface area (Å²) < 4.78 is 10.3. The van der Waals surface area contributed by atoms with Crippen LogP contribution in [0, 0.1) is 0 Å². The SMILES string of the molecule is O=C(O)c1cc(C(=O)O)c(CCOCCO)cc1CCOCCO. The minimum absolute atomic E-state index is 0.0833. The molecule has 0 amide bonds. The van der Waals surface area contributed by atoms with Crippen LogP contribution in [0.4, 0.5) is 0 Å². The molecule has 8 heteroatoms. The first kappa shape index (κ1) is 20.0. The Morgan fingerprint density at radius 2 is 1.17 bits per heavy atom. The van der Waals surface area contributed by atoms with E-state index in [4.69, 9.17) is 19.7 Å². The Morgan fingerprint density at radius 1 is 0.750 bits per heavy atom. The fourth-order valence-electron chi connectivity index (χ4n) is 2.20. The molecule has 24 heavy (non-hydrogen) atoms. The van der Waals surface area contributed by atoms with Gasteiger partial charge in [-0.3, -0.25) is 0 Å². The molecule has 0 bridgehead atoms. The van der Waals surface area contributed by atoms with Gasteiger partial charge in [0.1, 0.15) is 0 Å². The predicted octanol–water partition coefficient (Wildman–Crippen LogP) is 0.186. The minimum atomic E-state index is -1.21. The van der Waals surface area contributed by atoms with E-state index >= 15 is 0 Å². The van der Waals surface area contributed by atoms with Crippen LogP contribution in [0.15, 0.2) is 12.1 Å².